The predicted octanol–water partition coefficient (Wildman–Crippen LogP) is 7.42. The maximum atomic E-state index is 6.81. The summed E-state index contributed by atoms with van der Waals surface area (Å²) in [6.45, 7) is 18.0. The van der Waals surface area contributed by atoms with Crippen molar-refractivity contribution < 1.29 is 4.57 Å². The molecule has 0 aliphatic rings. The summed E-state index contributed by atoms with van der Waals surface area (Å²) in [5.41, 5.74) is 8.70. The number of imidazole rings is 1. The first-order valence-corrected chi connectivity index (χ1v) is 15.2. The van der Waals surface area contributed by atoms with Gasteiger partial charge in [0, 0.05) is 29.7 Å². The normalized spacial score (nSPS) is 11.9. The van der Waals surface area contributed by atoms with E-state index < -0.39 is 7.42 Å². The fourth-order valence-electron chi connectivity index (χ4n) is 4.51. The average Bonchev–Trinajstić information content (AvgIpc) is 3.17. The molecule has 0 aliphatic carbocycles. The first-order valence-electron chi connectivity index (χ1n) is 11.6. The van der Waals surface area contributed by atoms with Gasteiger partial charge in [-0.3, -0.25) is 0 Å². The van der Waals surface area contributed by atoms with Crippen molar-refractivity contribution in [1.82, 2.24) is 4.57 Å². The zero-order valence-corrected chi connectivity index (χ0v) is 23.1. The van der Waals surface area contributed by atoms with Gasteiger partial charge in [0.2, 0.25) is 0 Å². The number of hydrogen-bond donors (Lipinski definition) is 0. The molecule has 32 heavy (non-hydrogen) atoms. The minimum absolute atomic E-state index is 0.392. The molecule has 1 heterocycles. The molecule has 5 heteroatoms. The molecule has 2 nitrogen and oxygen atoms in total. The molecule has 3 aromatic rings. The van der Waals surface area contributed by atoms with Crippen LogP contribution < -0.4 is 10.0 Å². The molecule has 0 spiro atoms. The van der Waals surface area contributed by atoms with Gasteiger partial charge in [-0.25, -0.2) is 9.13 Å². The summed E-state index contributed by atoms with van der Waals surface area (Å²) in [7, 11) is -1.82. The molecule has 0 amide bonds. The molecular formula is C27H36Cl2N2Si. The Balaban J connectivity index is 2.42. The Labute approximate surface area is 205 Å². The summed E-state index contributed by atoms with van der Waals surface area (Å²) in [5.74, 6) is 1.57. The van der Waals surface area contributed by atoms with Gasteiger partial charge in [0.1, 0.15) is 29.2 Å². The highest BCUT2D eigenvalue weighted by molar-refractivity contribution is 7.38. The smallest absolute Gasteiger partial charge is 0.136 e. The van der Waals surface area contributed by atoms with Crippen molar-refractivity contribution >= 4 is 35.0 Å². The van der Waals surface area contributed by atoms with E-state index in [1.807, 2.05) is 0 Å². The molecule has 172 valence electrons. The summed E-state index contributed by atoms with van der Waals surface area (Å²) in [6, 6.07) is 13.3. The third-order valence-electron chi connectivity index (χ3n) is 6.16. The monoisotopic (exact) mass is 486 g/mol. The van der Waals surface area contributed by atoms with Gasteiger partial charge in [0.05, 0.1) is 0 Å². The Kier molecular flexibility index (Phi) is 7.96. The Morgan fingerprint density at radius 1 is 0.688 bits per heavy atom. The van der Waals surface area contributed by atoms with Crippen LogP contribution in [0.1, 0.15) is 101 Å². The minimum Gasteiger partial charge on any atom is -0.332 e. The molecule has 2 aromatic carbocycles. The Bertz CT molecular complexity index is 948. The van der Waals surface area contributed by atoms with E-state index in [0.29, 0.717) is 23.7 Å². The minimum atomic E-state index is -1.82. The van der Waals surface area contributed by atoms with Crippen LogP contribution in [-0.2, 0) is 0 Å². The second-order valence-corrected chi connectivity index (χ2v) is 13.6. The largest absolute Gasteiger partial charge is 0.332 e. The van der Waals surface area contributed by atoms with Crippen LogP contribution in [0.25, 0.3) is 11.4 Å². The second kappa shape index (κ2) is 10.2. The van der Waals surface area contributed by atoms with Gasteiger partial charge in [0.25, 0.3) is 0 Å². The van der Waals surface area contributed by atoms with E-state index in [1.165, 1.54) is 33.6 Å². The first kappa shape index (κ1) is 25.1. The van der Waals surface area contributed by atoms with Crippen molar-refractivity contribution in [2.45, 2.75) is 79.1 Å². The third kappa shape index (κ3) is 4.71. The van der Waals surface area contributed by atoms with Crippen molar-refractivity contribution in [1.29, 1.82) is 0 Å². The van der Waals surface area contributed by atoms with Crippen molar-refractivity contribution in [2.24, 2.45) is 0 Å². The van der Waals surface area contributed by atoms with Gasteiger partial charge in [-0.15, -0.1) is 0 Å². The molecule has 0 saturated heterocycles. The standard InChI is InChI=1S/C27H36Cl2N2Si/c1-17(2)21-11-9-12-22(18(3)4)25(21)30-15-16-31(27(30)32(28)29)26-23(19(5)6)13-10-14-24(26)20(7)8/h9-20H,1-8H3. The van der Waals surface area contributed by atoms with Crippen LogP contribution in [0.3, 0.4) is 0 Å². The van der Waals surface area contributed by atoms with Crippen LogP contribution in [-0.4, -0.2) is 12.0 Å². The van der Waals surface area contributed by atoms with Crippen molar-refractivity contribution in [3.8, 4) is 11.4 Å². The van der Waals surface area contributed by atoms with Crippen molar-refractivity contribution in [3.63, 3.8) is 0 Å². The highest BCUT2D eigenvalue weighted by Crippen LogP contribution is 2.32. The number of hydrogen-bond acceptors (Lipinski definition) is 0. The summed E-state index contributed by atoms with van der Waals surface area (Å²) in [4.78, 5) is 0. The Morgan fingerprint density at radius 3 is 1.47 bits per heavy atom. The zero-order chi connectivity index (χ0) is 23.7. The highest BCUT2D eigenvalue weighted by Gasteiger charge is 2.27. The maximum Gasteiger partial charge on any atom is 0.136 e. The molecule has 3 rings (SSSR count). The SMILES string of the molecule is CC(C)c1cccc(C(C)C)c1-n1cc[n+](-c2c(C(C)C)cccc2C(C)C)c1[Si-](Cl)Cl. The van der Waals surface area contributed by atoms with Gasteiger partial charge in [-0.1, -0.05) is 91.8 Å². The molecule has 0 bridgehead atoms. The topological polar surface area (TPSA) is 8.81 Å². The fraction of sp³-hybridized carbons (Fsp3) is 0.444. The first-order chi connectivity index (χ1) is 15.1. The van der Waals surface area contributed by atoms with E-state index in [0.717, 1.165) is 5.45 Å². The van der Waals surface area contributed by atoms with Crippen LogP contribution in [0, 0.1) is 0 Å². The number of aromatic nitrogens is 2. The van der Waals surface area contributed by atoms with Crippen LogP contribution in [0.15, 0.2) is 48.8 Å². The average molecular weight is 488 g/mol. The maximum absolute atomic E-state index is 6.81. The summed E-state index contributed by atoms with van der Waals surface area (Å²) < 4.78 is 4.53. The number of rotatable bonds is 7. The van der Waals surface area contributed by atoms with E-state index in [9.17, 15) is 0 Å². The lowest BCUT2D eigenvalue weighted by atomic mass is 9.92. The molecule has 0 unspecified atom stereocenters. The third-order valence-corrected chi connectivity index (χ3v) is 7.99. The number of halogens is 2. The van der Waals surface area contributed by atoms with Crippen LogP contribution in [0.5, 0.6) is 0 Å². The van der Waals surface area contributed by atoms with Gasteiger partial charge in [0.15, 0.2) is 0 Å². The lowest BCUT2D eigenvalue weighted by Crippen LogP contribution is -2.54. The van der Waals surface area contributed by atoms with E-state index in [-0.39, 0.29) is 0 Å². The Morgan fingerprint density at radius 2 is 1.09 bits per heavy atom. The lowest BCUT2D eigenvalue weighted by molar-refractivity contribution is -0.576. The Hall–Kier alpha value is -1.55. The van der Waals surface area contributed by atoms with E-state index >= 15 is 0 Å². The van der Waals surface area contributed by atoms with Gasteiger partial charge < -0.3 is 22.2 Å². The lowest BCUT2D eigenvalue weighted by Gasteiger charge is -2.23. The van der Waals surface area contributed by atoms with E-state index in [4.69, 9.17) is 22.2 Å². The zero-order valence-electron chi connectivity index (χ0n) is 20.6. The van der Waals surface area contributed by atoms with Crippen LogP contribution in [0.2, 0.25) is 0 Å². The van der Waals surface area contributed by atoms with Crippen molar-refractivity contribution in [3.05, 3.63) is 71.0 Å². The molecular weight excluding hydrogens is 451 g/mol. The number of benzene rings is 2. The molecule has 0 saturated carbocycles. The molecule has 1 aromatic heterocycles. The molecule has 0 aliphatic heterocycles. The number of para-hydroxylation sites is 2. The summed E-state index contributed by atoms with van der Waals surface area (Å²) >= 11 is 13.6. The molecule has 0 radical (unpaired) electrons. The van der Waals surface area contributed by atoms with Gasteiger partial charge in [-0.2, -0.15) is 0 Å². The second-order valence-electron chi connectivity index (χ2n) is 9.81. The van der Waals surface area contributed by atoms with Crippen LogP contribution in [0.4, 0.5) is 0 Å². The van der Waals surface area contributed by atoms with Gasteiger partial charge in [-0.05, 0) is 23.7 Å². The van der Waals surface area contributed by atoms with E-state index in [1.54, 1.807) is 0 Å². The summed E-state index contributed by atoms with van der Waals surface area (Å²) in [5, 5.41) is 0. The quantitative estimate of drug-likeness (QED) is 0.186. The molecule has 0 N–H and O–H groups in total. The molecule has 0 atom stereocenters. The molecule has 0 fully saturated rings. The van der Waals surface area contributed by atoms with Crippen molar-refractivity contribution in [2.75, 3.05) is 0 Å². The number of nitrogens with zero attached hydrogens (tertiary/aromatic N) is 2. The fourth-order valence-corrected chi connectivity index (χ4v) is 6.34. The summed E-state index contributed by atoms with van der Waals surface area (Å²) in [6.07, 6.45) is 4.30. The highest BCUT2D eigenvalue weighted by atomic mass is 35.7. The predicted molar refractivity (Wildman–Crippen MR) is 141 cm³/mol. The van der Waals surface area contributed by atoms with E-state index in [2.05, 4.69) is 113 Å². The van der Waals surface area contributed by atoms with Crippen LogP contribution >= 0.6 is 22.2 Å². The van der Waals surface area contributed by atoms with Gasteiger partial charge >= 0.3 is 0 Å².